The fourth-order valence-corrected chi connectivity index (χ4v) is 2.01. The third kappa shape index (κ3) is 4.30. The molecule has 1 aromatic rings. The van der Waals surface area contributed by atoms with Crippen LogP contribution in [0, 0.1) is 18.2 Å². The number of nitrogens with zero attached hydrogens (tertiary/aromatic N) is 1. The van der Waals surface area contributed by atoms with Crippen molar-refractivity contribution in [1.82, 2.24) is 4.90 Å². The summed E-state index contributed by atoms with van der Waals surface area (Å²) in [5, 5.41) is 0. The molecule has 1 aromatic carbocycles. The van der Waals surface area contributed by atoms with Crippen molar-refractivity contribution < 1.29 is 9.18 Å². The molecule has 0 spiro atoms. The van der Waals surface area contributed by atoms with Gasteiger partial charge in [0.1, 0.15) is 5.82 Å². The van der Waals surface area contributed by atoms with E-state index in [0.29, 0.717) is 30.8 Å². The summed E-state index contributed by atoms with van der Waals surface area (Å²) in [6.07, 6.45) is 0.862. The van der Waals surface area contributed by atoms with Crippen molar-refractivity contribution in [2.45, 2.75) is 34.1 Å². The van der Waals surface area contributed by atoms with Crippen LogP contribution in [0.2, 0.25) is 0 Å². The molecule has 0 bridgehead atoms. The Morgan fingerprint density at radius 3 is 2.55 bits per heavy atom. The Labute approximate surface area is 121 Å². The van der Waals surface area contributed by atoms with Gasteiger partial charge in [0.15, 0.2) is 0 Å². The second-order valence-electron chi connectivity index (χ2n) is 6.06. The SMILES string of the molecule is CCCN(CC(C)(C)CN)C(=O)c1ccc(C)c(F)c1. The van der Waals surface area contributed by atoms with E-state index >= 15 is 0 Å². The lowest BCUT2D eigenvalue weighted by molar-refractivity contribution is 0.0689. The van der Waals surface area contributed by atoms with Gasteiger partial charge < -0.3 is 10.6 Å². The minimum Gasteiger partial charge on any atom is -0.338 e. The Kier molecular flexibility index (Phi) is 5.69. The number of benzene rings is 1. The highest BCUT2D eigenvalue weighted by molar-refractivity contribution is 5.94. The molecule has 0 fully saturated rings. The van der Waals surface area contributed by atoms with Crippen LogP contribution in [0.4, 0.5) is 4.39 Å². The number of carbonyl (C=O) groups is 1. The maximum Gasteiger partial charge on any atom is 0.253 e. The van der Waals surface area contributed by atoms with Gasteiger partial charge in [-0.2, -0.15) is 0 Å². The number of halogens is 1. The van der Waals surface area contributed by atoms with E-state index in [0.717, 1.165) is 6.42 Å². The van der Waals surface area contributed by atoms with Gasteiger partial charge in [-0.25, -0.2) is 4.39 Å². The summed E-state index contributed by atoms with van der Waals surface area (Å²) in [7, 11) is 0. The van der Waals surface area contributed by atoms with E-state index in [1.807, 2.05) is 20.8 Å². The predicted octanol–water partition coefficient (Wildman–Crippen LogP) is 2.97. The first-order chi connectivity index (χ1) is 9.30. The third-order valence-electron chi connectivity index (χ3n) is 3.37. The van der Waals surface area contributed by atoms with Crippen LogP contribution in [0.15, 0.2) is 18.2 Å². The second-order valence-corrected chi connectivity index (χ2v) is 6.06. The van der Waals surface area contributed by atoms with E-state index < -0.39 is 0 Å². The topological polar surface area (TPSA) is 46.3 Å². The van der Waals surface area contributed by atoms with Crippen LogP contribution in [0.1, 0.15) is 43.1 Å². The molecule has 4 heteroatoms. The molecule has 0 aliphatic rings. The van der Waals surface area contributed by atoms with Crippen LogP contribution < -0.4 is 5.73 Å². The van der Waals surface area contributed by atoms with Crippen molar-refractivity contribution in [3.05, 3.63) is 35.1 Å². The van der Waals surface area contributed by atoms with Crippen LogP contribution in [0.3, 0.4) is 0 Å². The van der Waals surface area contributed by atoms with E-state index in [-0.39, 0.29) is 17.1 Å². The van der Waals surface area contributed by atoms with Crippen LogP contribution in [-0.4, -0.2) is 30.4 Å². The number of hydrogen-bond acceptors (Lipinski definition) is 2. The summed E-state index contributed by atoms with van der Waals surface area (Å²) in [5.74, 6) is -0.474. The molecule has 0 saturated heterocycles. The zero-order valence-electron chi connectivity index (χ0n) is 12.9. The van der Waals surface area contributed by atoms with E-state index in [1.54, 1.807) is 24.0 Å². The van der Waals surface area contributed by atoms with Crippen molar-refractivity contribution >= 4 is 5.91 Å². The summed E-state index contributed by atoms with van der Waals surface area (Å²) in [6, 6.07) is 4.63. The van der Waals surface area contributed by atoms with E-state index in [4.69, 9.17) is 5.73 Å². The molecule has 0 aliphatic carbocycles. The van der Waals surface area contributed by atoms with Gasteiger partial charge in [0.2, 0.25) is 0 Å². The van der Waals surface area contributed by atoms with Crippen LogP contribution in [0.5, 0.6) is 0 Å². The molecular formula is C16H25FN2O. The second kappa shape index (κ2) is 6.84. The van der Waals surface area contributed by atoms with Gasteiger partial charge in [-0.05, 0) is 43.0 Å². The first kappa shape index (κ1) is 16.6. The molecule has 1 amide bonds. The normalized spacial score (nSPS) is 11.5. The average Bonchev–Trinajstić information content (AvgIpc) is 2.40. The summed E-state index contributed by atoms with van der Waals surface area (Å²) in [5.41, 5.74) is 6.54. The molecule has 2 N–H and O–H groups in total. The number of rotatable bonds is 6. The molecular weight excluding hydrogens is 255 g/mol. The van der Waals surface area contributed by atoms with Crippen molar-refractivity contribution in [1.29, 1.82) is 0 Å². The molecule has 20 heavy (non-hydrogen) atoms. The number of hydrogen-bond donors (Lipinski definition) is 1. The van der Waals surface area contributed by atoms with Gasteiger partial charge in [-0.15, -0.1) is 0 Å². The smallest absolute Gasteiger partial charge is 0.253 e. The summed E-state index contributed by atoms with van der Waals surface area (Å²) in [4.78, 5) is 14.3. The molecule has 0 aromatic heterocycles. The van der Waals surface area contributed by atoms with Crippen molar-refractivity contribution in [3.63, 3.8) is 0 Å². The van der Waals surface area contributed by atoms with Gasteiger partial charge in [0.05, 0.1) is 0 Å². The summed E-state index contributed by atoms with van der Waals surface area (Å²) >= 11 is 0. The van der Waals surface area contributed by atoms with E-state index in [2.05, 4.69) is 0 Å². The molecule has 1 rings (SSSR count). The van der Waals surface area contributed by atoms with Crippen LogP contribution in [0.25, 0.3) is 0 Å². The standard InChI is InChI=1S/C16H25FN2O/c1-5-8-19(11-16(3,4)10-18)15(20)13-7-6-12(2)14(17)9-13/h6-7,9H,5,8,10-11,18H2,1-4H3. The average molecular weight is 280 g/mol. The first-order valence-corrected chi connectivity index (χ1v) is 7.06. The molecule has 0 aliphatic heterocycles. The number of aryl methyl sites for hydroxylation is 1. The Morgan fingerprint density at radius 1 is 1.40 bits per heavy atom. The summed E-state index contributed by atoms with van der Waals surface area (Å²) in [6.45, 7) is 9.49. The van der Waals surface area contributed by atoms with Gasteiger partial charge in [0, 0.05) is 18.7 Å². The van der Waals surface area contributed by atoms with Crippen LogP contribution >= 0.6 is 0 Å². The minimum atomic E-state index is -0.342. The van der Waals surface area contributed by atoms with Gasteiger partial charge in [0.25, 0.3) is 5.91 Å². The first-order valence-electron chi connectivity index (χ1n) is 7.06. The Bertz CT molecular complexity index is 472. The molecule has 0 heterocycles. The molecule has 0 atom stereocenters. The maximum absolute atomic E-state index is 13.6. The lowest BCUT2D eigenvalue weighted by atomic mass is 9.92. The third-order valence-corrected chi connectivity index (χ3v) is 3.37. The maximum atomic E-state index is 13.6. The monoisotopic (exact) mass is 280 g/mol. The molecule has 0 radical (unpaired) electrons. The van der Waals surface area contributed by atoms with Gasteiger partial charge in [-0.1, -0.05) is 26.8 Å². The highest BCUT2D eigenvalue weighted by atomic mass is 19.1. The zero-order chi connectivity index (χ0) is 15.3. The van der Waals surface area contributed by atoms with E-state index in [1.165, 1.54) is 6.07 Å². The molecule has 3 nitrogen and oxygen atoms in total. The quantitative estimate of drug-likeness (QED) is 0.870. The Balaban J connectivity index is 2.96. The van der Waals surface area contributed by atoms with Crippen LogP contribution in [-0.2, 0) is 0 Å². The number of nitrogens with two attached hydrogens (primary N) is 1. The molecule has 112 valence electrons. The predicted molar refractivity (Wildman–Crippen MR) is 80.2 cm³/mol. The number of carbonyl (C=O) groups excluding carboxylic acids is 1. The Morgan fingerprint density at radius 2 is 2.05 bits per heavy atom. The number of amides is 1. The molecule has 0 saturated carbocycles. The molecule has 0 unspecified atom stereocenters. The fourth-order valence-electron chi connectivity index (χ4n) is 2.01. The fraction of sp³-hybridized carbons (Fsp3) is 0.562. The Hall–Kier alpha value is -1.42. The van der Waals surface area contributed by atoms with Crippen molar-refractivity contribution in [3.8, 4) is 0 Å². The highest BCUT2D eigenvalue weighted by Crippen LogP contribution is 2.18. The van der Waals surface area contributed by atoms with E-state index in [9.17, 15) is 9.18 Å². The van der Waals surface area contributed by atoms with Gasteiger partial charge in [-0.3, -0.25) is 4.79 Å². The lowest BCUT2D eigenvalue weighted by Crippen LogP contribution is -2.42. The largest absolute Gasteiger partial charge is 0.338 e. The van der Waals surface area contributed by atoms with Crippen molar-refractivity contribution in [2.75, 3.05) is 19.6 Å². The van der Waals surface area contributed by atoms with Gasteiger partial charge >= 0.3 is 0 Å². The van der Waals surface area contributed by atoms with Crippen molar-refractivity contribution in [2.24, 2.45) is 11.1 Å². The zero-order valence-corrected chi connectivity index (χ0v) is 12.9. The highest BCUT2D eigenvalue weighted by Gasteiger charge is 2.24. The minimum absolute atomic E-state index is 0.132. The summed E-state index contributed by atoms with van der Waals surface area (Å²) < 4.78 is 13.6. The lowest BCUT2D eigenvalue weighted by Gasteiger charge is -2.31.